The van der Waals surface area contributed by atoms with Gasteiger partial charge in [-0.05, 0) is 13.8 Å². The number of nitriles is 1. The van der Waals surface area contributed by atoms with Crippen LogP contribution in [0.2, 0.25) is 0 Å². The molecule has 0 aromatic carbocycles. The lowest BCUT2D eigenvalue weighted by atomic mass is 10.4. The molecule has 1 rings (SSSR count). The van der Waals surface area contributed by atoms with Crippen molar-refractivity contribution in [1.82, 2.24) is 9.80 Å². The van der Waals surface area contributed by atoms with Crippen LogP contribution in [0.25, 0.3) is 0 Å². The third-order valence-electron chi connectivity index (χ3n) is 1.84. The zero-order chi connectivity index (χ0) is 7.72. The fourth-order valence-electron chi connectivity index (χ4n) is 1.10. The molecule has 0 fully saturated rings. The Kier molecular flexibility index (Phi) is 1.54. The summed E-state index contributed by atoms with van der Waals surface area (Å²) >= 11 is 0. The van der Waals surface area contributed by atoms with E-state index in [-0.39, 0.29) is 6.17 Å². The molecule has 0 aromatic heterocycles. The minimum atomic E-state index is 0.185. The van der Waals surface area contributed by atoms with Gasteiger partial charge in [-0.2, -0.15) is 5.26 Å². The van der Waals surface area contributed by atoms with E-state index in [1.165, 1.54) is 0 Å². The van der Waals surface area contributed by atoms with E-state index in [4.69, 9.17) is 5.26 Å². The topological polar surface area (TPSA) is 30.3 Å². The van der Waals surface area contributed by atoms with Gasteiger partial charge in [0.25, 0.3) is 0 Å². The first-order chi connectivity index (χ1) is 4.66. The Morgan fingerprint density at radius 3 is 2.50 bits per heavy atom. The molecule has 1 atom stereocenters. The van der Waals surface area contributed by atoms with E-state index in [1.54, 1.807) is 4.90 Å². The molecular weight excluding hydrogens is 126 g/mol. The van der Waals surface area contributed by atoms with Crippen molar-refractivity contribution in [3.05, 3.63) is 11.9 Å². The standard InChI is InChI=1S/C7H11N3/c1-6-4-9(3)7(2)10(6)5-8/h4,7H,1-3H3. The van der Waals surface area contributed by atoms with Crippen molar-refractivity contribution >= 4 is 0 Å². The fraction of sp³-hybridized carbons (Fsp3) is 0.571. The van der Waals surface area contributed by atoms with Crippen molar-refractivity contribution in [3.8, 4) is 6.19 Å². The van der Waals surface area contributed by atoms with Crippen LogP contribution in [0.3, 0.4) is 0 Å². The summed E-state index contributed by atoms with van der Waals surface area (Å²) in [6, 6.07) is 0. The third-order valence-corrected chi connectivity index (χ3v) is 1.84. The first-order valence-corrected chi connectivity index (χ1v) is 3.26. The molecule has 0 N–H and O–H groups in total. The van der Waals surface area contributed by atoms with Crippen LogP contribution in [-0.4, -0.2) is 23.0 Å². The van der Waals surface area contributed by atoms with E-state index in [0.29, 0.717) is 0 Å². The molecule has 0 bridgehead atoms. The predicted molar refractivity (Wildman–Crippen MR) is 38.4 cm³/mol. The zero-order valence-electron chi connectivity index (χ0n) is 6.50. The Morgan fingerprint density at radius 1 is 1.70 bits per heavy atom. The summed E-state index contributed by atoms with van der Waals surface area (Å²) in [5, 5.41) is 8.63. The second kappa shape index (κ2) is 2.22. The molecule has 1 heterocycles. The van der Waals surface area contributed by atoms with Gasteiger partial charge in [0, 0.05) is 18.9 Å². The zero-order valence-corrected chi connectivity index (χ0v) is 6.50. The summed E-state index contributed by atoms with van der Waals surface area (Å²) in [5.41, 5.74) is 1.01. The maximum Gasteiger partial charge on any atom is 0.185 e. The van der Waals surface area contributed by atoms with Crippen LogP contribution in [0, 0.1) is 11.5 Å². The van der Waals surface area contributed by atoms with E-state index in [1.807, 2.05) is 32.0 Å². The molecule has 0 spiro atoms. The van der Waals surface area contributed by atoms with Crippen LogP contribution in [0.4, 0.5) is 0 Å². The Bertz CT molecular complexity index is 201. The van der Waals surface area contributed by atoms with Gasteiger partial charge in [0.15, 0.2) is 6.19 Å². The van der Waals surface area contributed by atoms with Gasteiger partial charge in [0.1, 0.15) is 6.17 Å². The summed E-state index contributed by atoms with van der Waals surface area (Å²) in [5.74, 6) is 0. The van der Waals surface area contributed by atoms with Crippen molar-refractivity contribution in [2.75, 3.05) is 7.05 Å². The molecule has 10 heavy (non-hydrogen) atoms. The molecule has 1 unspecified atom stereocenters. The Balaban J connectivity index is 2.80. The molecule has 0 saturated carbocycles. The lowest BCUT2D eigenvalue weighted by Crippen LogP contribution is -2.31. The SMILES string of the molecule is CC1=CN(C)C(C)N1C#N. The lowest BCUT2D eigenvalue weighted by molar-refractivity contribution is 0.246. The average molecular weight is 137 g/mol. The van der Waals surface area contributed by atoms with Crippen molar-refractivity contribution in [1.29, 1.82) is 5.26 Å². The largest absolute Gasteiger partial charge is 0.358 e. The highest BCUT2D eigenvalue weighted by molar-refractivity contribution is 5.10. The number of hydrogen-bond donors (Lipinski definition) is 0. The van der Waals surface area contributed by atoms with Crippen LogP contribution < -0.4 is 0 Å². The highest BCUT2D eigenvalue weighted by atomic mass is 15.4. The van der Waals surface area contributed by atoms with Crippen LogP contribution in [0.5, 0.6) is 0 Å². The van der Waals surface area contributed by atoms with Gasteiger partial charge in [-0.15, -0.1) is 0 Å². The van der Waals surface area contributed by atoms with Gasteiger partial charge in [-0.25, -0.2) is 0 Å². The molecule has 54 valence electrons. The number of rotatable bonds is 0. The second-order valence-electron chi connectivity index (χ2n) is 2.54. The highest BCUT2D eigenvalue weighted by Crippen LogP contribution is 2.18. The van der Waals surface area contributed by atoms with E-state index in [9.17, 15) is 0 Å². The van der Waals surface area contributed by atoms with Gasteiger partial charge in [0.2, 0.25) is 0 Å². The summed E-state index contributed by atoms with van der Waals surface area (Å²) in [4.78, 5) is 3.69. The molecular formula is C7H11N3. The first kappa shape index (κ1) is 6.94. The molecule has 3 nitrogen and oxygen atoms in total. The summed E-state index contributed by atoms with van der Waals surface area (Å²) < 4.78 is 0. The highest BCUT2D eigenvalue weighted by Gasteiger charge is 2.22. The van der Waals surface area contributed by atoms with Crippen molar-refractivity contribution in [2.45, 2.75) is 20.0 Å². The molecule has 0 aliphatic carbocycles. The minimum absolute atomic E-state index is 0.185. The third kappa shape index (κ3) is 0.820. The van der Waals surface area contributed by atoms with Crippen molar-refractivity contribution < 1.29 is 0 Å². The quantitative estimate of drug-likeness (QED) is 0.465. The molecule has 1 aliphatic rings. The normalized spacial score (nSPS) is 24.6. The number of allylic oxidation sites excluding steroid dienone is 1. The Labute approximate surface area is 61.1 Å². The molecule has 0 aromatic rings. The van der Waals surface area contributed by atoms with E-state index in [0.717, 1.165) is 5.70 Å². The molecule has 1 aliphatic heterocycles. The van der Waals surface area contributed by atoms with Gasteiger partial charge >= 0.3 is 0 Å². The van der Waals surface area contributed by atoms with E-state index in [2.05, 4.69) is 6.19 Å². The van der Waals surface area contributed by atoms with Crippen LogP contribution in [-0.2, 0) is 0 Å². The lowest BCUT2D eigenvalue weighted by Gasteiger charge is -2.21. The molecule has 0 radical (unpaired) electrons. The van der Waals surface area contributed by atoms with Gasteiger partial charge in [0.05, 0.1) is 0 Å². The van der Waals surface area contributed by atoms with Crippen molar-refractivity contribution in [3.63, 3.8) is 0 Å². The summed E-state index contributed by atoms with van der Waals surface area (Å²) in [6.07, 6.45) is 4.27. The second-order valence-corrected chi connectivity index (χ2v) is 2.54. The minimum Gasteiger partial charge on any atom is -0.358 e. The Morgan fingerprint density at radius 2 is 2.30 bits per heavy atom. The molecule has 3 heteroatoms. The van der Waals surface area contributed by atoms with E-state index >= 15 is 0 Å². The maximum absolute atomic E-state index is 8.63. The fourth-order valence-corrected chi connectivity index (χ4v) is 1.10. The maximum atomic E-state index is 8.63. The van der Waals surface area contributed by atoms with Crippen LogP contribution in [0.1, 0.15) is 13.8 Å². The summed E-state index contributed by atoms with van der Waals surface area (Å²) in [6.45, 7) is 3.93. The number of hydrogen-bond acceptors (Lipinski definition) is 3. The van der Waals surface area contributed by atoms with E-state index < -0.39 is 0 Å². The van der Waals surface area contributed by atoms with Crippen molar-refractivity contribution in [2.24, 2.45) is 0 Å². The van der Waals surface area contributed by atoms with Gasteiger partial charge < -0.3 is 4.90 Å². The predicted octanol–water partition coefficient (Wildman–Crippen LogP) is 0.922. The monoisotopic (exact) mass is 137 g/mol. The average Bonchev–Trinajstić information content (AvgIpc) is 2.09. The number of nitrogens with zero attached hydrogens (tertiary/aromatic N) is 3. The van der Waals surface area contributed by atoms with Gasteiger partial charge in [-0.3, -0.25) is 4.90 Å². The Hall–Kier alpha value is -1.17. The summed E-state index contributed by atoms with van der Waals surface area (Å²) in [7, 11) is 1.96. The molecule has 0 amide bonds. The first-order valence-electron chi connectivity index (χ1n) is 3.26. The van der Waals surface area contributed by atoms with Gasteiger partial charge in [-0.1, -0.05) is 0 Å². The smallest absolute Gasteiger partial charge is 0.185 e. The van der Waals surface area contributed by atoms with Crippen LogP contribution in [0.15, 0.2) is 11.9 Å². The van der Waals surface area contributed by atoms with Crippen LogP contribution >= 0.6 is 0 Å². The molecule has 0 saturated heterocycles.